The maximum Gasteiger partial charge on any atom is 0.226 e. The Morgan fingerprint density at radius 3 is 2.59 bits per heavy atom. The van der Waals surface area contributed by atoms with Crippen LogP contribution in [0.1, 0.15) is 32.3 Å². The van der Waals surface area contributed by atoms with Gasteiger partial charge in [-0.25, -0.2) is 0 Å². The Bertz CT molecular complexity index is 489. The van der Waals surface area contributed by atoms with Gasteiger partial charge in [-0.05, 0) is 24.5 Å². The zero-order valence-corrected chi connectivity index (χ0v) is 13.7. The minimum absolute atomic E-state index is 0.0159. The molecule has 0 aromatic heterocycles. The highest BCUT2D eigenvalue weighted by Gasteiger charge is 2.11. The first-order valence-electron chi connectivity index (χ1n) is 7.70. The number of methoxy groups -OCH3 is 1. The summed E-state index contributed by atoms with van der Waals surface area (Å²) in [6.45, 7) is 5.23. The fourth-order valence-corrected chi connectivity index (χ4v) is 2.23. The summed E-state index contributed by atoms with van der Waals surface area (Å²) in [5.74, 6) is -0.0863. The van der Waals surface area contributed by atoms with Crippen molar-refractivity contribution in [3.63, 3.8) is 0 Å². The molecule has 0 spiro atoms. The number of benzene rings is 1. The molecule has 1 aromatic rings. The molecule has 0 aliphatic heterocycles. The Kier molecular flexibility index (Phi) is 8.22. The maximum atomic E-state index is 12.1. The first kappa shape index (κ1) is 18.2. The summed E-state index contributed by atoms with van der Waals surface area (Å²) in [5.41, 5.74) is 1.96. The first-order chi connectivity index (χ1) is 10.6. The fraction of sp³-hybridized carbons (Fsp3) is 0.529. The van der Waals surface area contributed by atoms with E-state index in [1.54, 1.807) is 12.0 Å². The molecule has 0 fully saturated rings. The third kappa shape index (κ3) is 6.26. The predicted molar refractivity (Wildman–Crippen MR) is 87.8 cm³/mol. The van der Waals surface area contributed by atoms with E-state index in [0.717, 1.165) is 24.1 Å². The maximum absolute atomic E-state index is 12.1. The second-order valence-electron chi connectivity index (χ2n) is 5.16. The van der Waals surface area contributed by atoms with E-state index < -0.39 is 0 Å². The highest BCUT2D eigenvalue weighted by atomic mass is 16.5. The Morgan fingerprint density at radius 2 is 1.95 bits per heavy atom. The quantitative estimate of drug-likeness (QED) is 0.713. The third-order valence-corrected chi connectivity index (χ3v) is 3.50. The topological polar surface area (TPSA) is 58.6 Å². The molecule has 1 rings (SSSR count). The molecule has 122 valence electrons. The Balaban J connectivity index is 2.48. The van der Waals surface area contributed by atoms with Crippen LogP contribution in [0.15, 0.2) is 24.3 Å². The minimum atomic E-state index is -0.0705. The largest absolute Gasteiger partial charge is 0.385 e. The van der Waals surface area contributed by atoms with Crippen molar-refractivity contribution < 1.29 is 14.3 Å². The van der Waals surface area contributed by atoms with Gasteiger partial charge in [-0.3, -0.25) is 9.59 Å². The number of ether oxygens (including phenoxy) is 1. The van der Waals surface area contributed by atoms with Crippen LogP contribution in [-0.2, 0) is 20.7 Å². The molecule has 22 heavy (non-hydrogen) atoms. The van der Waals surface area contributed by atoms with Crippen molar-refractivity contribution in [1.82, 2.24) is 4.90 Å². The average molecular weight is 306 g/mol. The van der Waals surface area contributed by atoms with Crippen molar-refractivity contribution in [3.8, 4) is 0 Å². The molecular formula is C17H26N2O3. The second kappa shape index (κ2) is 9.95. The van der Waals surface area contributed by atoms with Crippen molar-refractivity contribution in [1.29, 1.82) is 0 Å². The van der Waals surface area contributed by atoms with E-state index in [4.69, 9.17) is 4.74 Å². The van der Waals surface area contributed by atoms with E-state index in [0.29, 0.717) is 26.1 Å². The molecule has 0 saturated heterocycles. The summed E-state index contributed by atoms with van der Waals surface area (Å²) in [7, 11) is 1.64. The number of para-hydroxylation sites is 1. The van der Waals surface area contributed by atoms with Crippen molar-refractivity contribution in [2.75, 3.05) is 32.1 Å². The lowest BCUT2D eigenvalue weighted by Crippen LogP contribution is -2.33. The normalized spacial score (nSPS) is 10.3. The summed E-state index contributed by atoms with van der Waals surface area (Å²) in [5, 5.41) is 2.92. The van der Waals surface area contributed by atoms with Crippen LogP contribution in [0.25, 0.3) is 0 Å². The van der Waals surface area contributed by atoms with Crippen molar-refractivity contribution in [2.45, 2.75) is 33.1 Å². The van der Waals surface area contributed by atoms with E-state index in [9.17, 15) is 9.59 Å². The van der Waals surface area contributed by atoms with Gasteiger partial charge in [0.15, 0.2) is 0 Å². The second-order valence-corrected chi connectivity index (χ2v) is 5.16. The smallest absolute Gasteiger partial charge is 0.226 e. The summed E-state index contributed by atoms with van der Waals surface area (Å²) < 4.78 is 4.98. The van der Waals surface area contributed by atoms with Crippen LogP contribution in [0.3, 0.4) is 0 Å². The van der Waals surface area contributed by atoms with Gasteiger partial charge in [-0.2, -0.15) is 0 Å². The Morgan fingerprint density at radius 1 is 1.23 bits per heavy atom. The Hall–Kier alpha value is -1.88. The van der Waals surface area contributed by atoms with Gasteiger partial charge in [0.2, 0.25) is 11.8 Å². The zero-order valence-electron chi connectivity index (χ0n) is 13.7. The van der Waals surface area contributed by atoms with Crippen LogP contribution < -0.4 is 5.32 Å². The van der Waals surface area contributed by atoms with Gasteiger partial charge in [0.25, 0.3) is 0 Å². The van der Waals surface area contributed by atoms with Crippen LogP contribution in [0.2, 0.25) is 0 Å². The van der Waals surface area contributed by atoms with Crippen LogP contribution in [0, 0.1) is 0 Å². The predicted octanol–water partition coefficient (Wildman–Crippen LogP) is 2.46. The lowest BCUT2D eigenvalue weighted by atomic mass is 10.1. The number of amides is 2. The van der Waals surface area contributed by atoms with Gasteiger partial charge in [-0.15, -0.1) is 0 Å². The number of nitrogens with one attached hydrogen (secondary N) is 1. The van der Waals surface area contributed by atoms with Crippen LogP contribution in [-0.4, -0.2) is 43.5 Å². The fourth-order valence-electron chi connectivity index (χ4n) is 2.23. The van der Waals surface area contributed by atoms with E-state index in [-0.39, 0.29) is 11.8 Å². The van der Waals surface area contributed by atoms with E-state index in [2.05, 4.69) is 12.2 Å². The number of anilines is 1. The SMILES string of the molecule is CCc1ccccc1NC(=O)CCN(CCCOC)C(C)=O. The molecule has 0 saturated carbocycles. The van der Waals surface area contributed by atoms with Crippen molar-refractivity contribution in [2.24, 2.45) is 0 Å². The molecule has 5 heteroatoms. The number of carbonyl (C=O) groups is 2. The minimum Gasteiger partial charge on any atom is -0.385 e. The summed E-state index contributed by atoms with van der Waals surface area (Å²) >= 11 is 0. The lowest BCUT2D eigenvalue weighted by Gasteiger charge is -2.20. The zero-order chi connectivity index (χ0) is 16.4. The van der Waals surface area contributed by atoms with E-state index >= 15 is 0 Å². The summed E-state index contributed by atoms with van der Waals surface area (Å²) in [6, 6.07) is 7.77. The van der Waals surface area contributed by atoms with Gasteiger partial charge in [-0.1, -0.05) is 25.1 Å². The van der Waals surface area contributed by atoms with Gasteiger partial charge in [0, 0.05) is 45.8 Å². The molecule has 5 nitrogen and oxygen atoms in total. The molecule has 1 aromatic carbocycles. The summed E-state index contributed by atoms with van der Waals surface area (Å²) in [4.78, 5) is 25.3. The third-order valence-electron chi connectivity index (χ3n) is 3.50. The molecule has 0 unspecified atom stereocenters. The van der Waals surface area contributed by atoms with Gasteiger partial charge in [0.05, 0.1) is 0 Å². The highest BCUT2D eigenvalue weighted by molar-refractivity contribution is 5.91. The Labute approximate surface area is 132 Å². The number of hydrogen-bond acceptors (Lipinski definition) is 3. The number of nitrogens with zero attached hydrogens (tertiary/aromatic N) is 1. The number of carbonyl (C=O) groups excluding carboxylic acids is 2. The van der Waals surface area contributed by atoms with E-state index in [1.807, 2.05) is 24.3 Å². The highest BCUT2D eigenvalue weighted by Crippen LogP contribution is 2.15. The standard InChI is InChI=1S/C17H26N2O3/c1-4-15-8-5-6-9-16(15)18-17(21)10-12-19(14(2)20)11-7-13-22-3/h5-6,8-9H,4,7,10-13H2,1-3H3,(H,18,21). The van der Waals surface area contributed by atoms with Gasteiger partial charge < -0.3 is 15.0 Å². The molecule has 0 aliphatic carbocycles. The average Bonchev–Trinajstić information content (AvgIpc) is 2.50. The van der Waals surface area contributed by atoms with Crippen molar-refractivity contribution >= 4 is 17.5 Å². The molecular weight excluding hydrogens is 280 g/mol. The molecule has 0 radical (unpaired) electrons. The molecule has 0 atom stereocenters. The first-order valence-corrected chi connectivity index (χ1v) is 7.70. The number of aryl methyl sites for hydroxylation is 1. The van der Waals surface area contributed by atoms with E-state index in [1.165, 1.54) is 6.92 Å². The lowest BCUT2D eigenvalue weighted by molar-refractivity contribution is -0.129. The molecule has 0 bridgehead atoms. The number of rotatable bonds is 9. The monoisotopic (exact) mass is 306 g/mol. The van der Waals surface area contributed by atoms with Crippen LogP contribution >= 0.6 is 0 Å². The molecule has 0 heterocycles. The molecule has 1 N–H and O–H groups in total. The summed E-state index contributed by atoms with van der Waals surface area (Å²) in [6.07, 6.45) is 1.94. The molecule has 0 aliphatic rings. The van der Waals surface area contributed by atoms with Crippen molar-refractivity contribution in [3.05, 3.63) is 29.8 Å². The number of hydrogen-bond donors (Lipinski definition) is 1. The van der Waals surface area contributed by atoms with Gasteiger partial charge in [0.1, 0.15) is 0 Å². The van der Waals surface area contributed by atoms with Crippen LogP contribution in [0.4, 0.5) is 5.69 Å². The molecule has 2 amide bonds. The van der Waals surface area contributed by atoms with Gasteiger partial charge >= 0.3 is 0 Å². The van der Waals surface area contributed by atoms with Crippen LogP contribution in [0.5, 0.6) is 0 Å².